The highest BCUT2D eigenvalue weighted by Crippen LogP contribution is 2.45. The van der Waals surface area contributed by atoms with Crippen LogP contribution < -0.4 is 5.32 Å². The summed E-state index contributed by atoms with van der Waals surface area (Å²) in [6.07, 6.45) is 7.26. The van der Waals surface area contributed by atoms with Crippen molar-refractivity contribution in [3.63, 3.8) is 0 Å². The third-order valence-corrected chi connectivity index (χ3v) is 6.36. The first kappa shape index (κ1) is 15.9. The minimum atomic E-state index is 0.128. The number of fused-ring (bicyclic) bond motifs is 2. The van der Waals surface area contributed by atoms with E-state index in [0.29, 0.717) is 12.0 Å². The molecule has 1 aromatic carbocycles. The van der Waals surface area contributed by atoms with Gasteiger partial charge in [-0.2, -0.15) is 0 Å². The van der Waals surface area contributed by atoms with Crippen molar-refractivity contribution < 1.29 is 9.90 Å². The molecule has 2 bridgehead atoms. The topological polar surface area (TPSA) is 52.6 Å². The number of aliphatic hydroxyl groups is 1. The second-order valence-corrected chi connectivity index (χ2v) is 7.92. The largest absolute Gasteiger partial charge is 0.396 e. The molecule has 0 aromatic heterocycles. The fraction of sp³-hybridized carbons (Fsp3) is 0.650. The van der Waals surface area contributed by atoms with Gasteiger partial charge in [-0.3, -0.25) is 4.79 Å². The Morgan fingerprint density at radius 3 is 2.67 bits per heavy atom. The highest BCUT2D eigenvalue weighted by atomic mass is 16.3. The van der Waals surface area contributed by atoms with Gasteiger partial charge in [0.15, 0.2) is 0 Å². The van der Waals surface area contributed by atoms with Crippen LogP contribution in [0.2, 0.25) is 0 Å². The van der Waals surface area contributed by atoms with Gasteiger partial charge in [0.1, 0.15) is 0 Å². The van der Waals surface area contributed by atoms with Crippen molar-refractivity contribution in [1.29, 1.82) is 0 Å². The molecule has 1 amide bonds. The van der Waals surface area contributed by atoms with Gasteiger partial charge in [0.05, 0.1) is 0 Å². The van der Waals surface area contributed by atoms with Crippen LogP contribution in [0.3, 0.4) is 0 Å². The molecule has 1 saturated heterocycles. The molecular formula is C20H28N2O2. The Kier molecular flexibility index (Phi) is 4.49. The first-order chi connectivity index (χ1) is 11.7. The quantitative estimate of drug-likeness (QED) is 0.893. The number of nitrogens with one attached hydrogen (secondary N) is 1. The van der Waals surface area contributed by atoms with E-state index in [2.05, 4.69) is 11.4 Å². The number of nitrogens with zero attached hydrogens (tertiary/aromatic N) is 1. The third-order valence-electron chi connectivity index (χ3n) is 6.36. The van der Waals surface area contributed by atoms with Crippen LogP contribution >= 0.6 is 0 Å². The van der Waals surface area contributed by atoms with Gasteiger partial charge < -0.3 is 15.3 Å². The molecule has 4 nitrogen and oxygen atoms in total. The molecule has 3 fully saturated rings. The van der Waals surface area contributed by atoms with E-state index in [-0.39, 0.29) is 12.5 Å². The van der Waals surface area contributed by atoms with Crippen molar-refractivity contribution in [1.82, 2.24) is 4.90 Å². The first-order valence-corrected chi connectivity index (χ1v) is 9.49. The fourth-order valence-electron chi connectivity index (χ4n) is 4.88. The summed E-state index contributed by atoms with van der Waals surface area (Å²) in [6, 6.07) is 8.61. The summed E-state index contributed by atoms with van der Waals surface area (Å²) >= 11 is 0. The lowest BCUT2D eigenvalue weighted by Crippen LogP contribution is -2.39. The fourth-order valence-corrected chi connectivity index (χ4v) is 4.88. The van der Waals surface area contributed by atoms with Crippen LogP contribution in [0, 0.1) is 17.8 Å². The number of anilines is 1. The standard InChI is InChI=1S/C20H28N2O2/c23-13-14-6-8-22(9-7-14)20(24)17-2-1-3-18(12-17)21-19-11-15-4-5-16(19)10-15/h1-3,12,14-16,19,21,23H,4-11,13H2. The van der Waals surface area contributed by atoms with Crippen LogP contribution in [0.1, 0.15) is 48.9 Å². The van der Waals surface area contributed by atoms with E-state index in [1.807, 2.05) is 23.1 Å². The number of piperidine rings is 1. The number of benzene rings is 1. The zero-order valence-corrected chi connectivity index (χ0v) is 14.3. The van der Waals surface area contributed by atoms with E-state index < -0.39 is 0 Å². The Labute approximate surface area is 144 Å². The predicted molar refractivity (Wildman–Crippen MR) is 95.0 cm³/mol. The predicted octanol–water partition coefficient (Wildman–Crippen LogP) is 3.13. The first-order valence-electron chi connectivity index (χ1n) is 9.49. The molecule has 1 aliphatic heterocycles. The molecule has 2 N–H and O–H groups in total. The van der Waals surface area contributed by atoms with Crippen LogP contribution in [0.5, 0.6) is 0 Å². The van der Waals surface area contributed by atoms with Crippen molar-refractivity contribution in [2.75, 3.05) is 25.0 Å². The Bertz CT molecular complexity index is 595. The Morgan fingerprint density at radius 1 is 1.17 bits per heavy atom. The minimum absolute atomic E-state index is 0.128. The Hall–Kier alpha value is -1.55. The lowest BCUT2D eigenvalue weighted by molar-refractivity contribution is 0.0651. The molecule has 130 valence electrons. The molecule has 24 heavy (non-hydrogen) atoms. The molecule has 4 heteroatoms. The van der Waals surface area contributed by atoms with Gasteiger partial charge >= 0.3 is 0 Å². The minimum Gasteiger partial charge on any atom is -0.396 e. The Morgan fingerprint density at radius 2 is 2.00 bits per heavy atom. The molecule has 1 heterocycles. The van der Waals surface area contributed by atoms with E-state index in [1.165, 1.54) is 25.7 Å². The lowest BCUT2D eigenvalue weighted by Gasteiger charge is -2.31. The van der Waals surface area contributed by atoms with E-state index in [9.17, 15) is 9.90 Å². The van der Waals surface area contributed by atoms with Crippen molar-refractivity contribution >= 4 is 11.6 Å². The summed E-state index contributed by atoms with van der Waals surface area (Å²) in [5.74, 6) is 2.24. The van der Waals surface area contributed by atoms with Gasteiger partial charge in [-0.1, -0.05) is 12.5 Å². The Balaban J connectivity index is 1.40. The van der Waals surface area contributed by atoms with Crippen molar-refractivity contribution in [3.8, 4) is 0 Å². The molecule has 3 aliphatic rings. The number of hydrogen-bond acceptors (Lipinski definition) is 3. The number of carbonyl (C=O) groups excluding carboxylic acids is 1. The highest BCUT2D eigenvalue weighted by Gasteiger charge is 2.39. The van der Waals surface area contributed by atoms with Gasteiger partial charge in [-0.05, 0) is 68.1 Å². The zero-order chi connectivity index (χ0) is 16.5. The van der Waals surface area contributed by atoms with Gasteiger partial charge in [0, 0.05) is 37.0 Å². The molecule has 0 spiro atoms. The summed E-state index contributed by atoms with van der Waals surface area (Å²) < 4.78 is 0. The summed E-state index contributed by atoms with van der Waals surface area (Å²) in [6.45, 7) is 1.76. The van der Waals surface area contributed by atoms with E-state index in [0.717, 1.165) is 49.0 Å². The molecular weight excluding hydrogens is 300 g/mol. The lowest BCUT2D eigenvalue weighted by atomic mass is 9.95. The average Bonchev–Trinajstić information content (AvgIpc) is 3.24. The van der Waals surface area contributed by atoms with Gasteiger partial charge in [-0.15, -0.1) is 0 Å². The number of aliphatic hydroxyl groups excluding tert-OH is 1. The molecule has 2 aliphatic carbocycles. The second kappa shape index (κ2) is 6.75. The van der Waals surface area contributed by atoms with Crippen LogP contribution in [0.4, 0.5) is 5.69 Å². The summed E-state index contributed by atoms with van der Waals surface area (Å²) in [5, 5.41) is 12.9. The maximum atomic E-state index is 12.7. The maximum absolute atomic E-state index is 12.7. The molecule has 0 radical (unpaired) electrons. The van der Waals surface area contributed by atoms with E-state index in [4.69, 9.17) is 0 Å². The van der Waals surface area contributed by atoms with Gasteiger partial charge in [-0.25, -0.2) is 0 Å². The van der Waals surface area contributed by atoms with Crippen LogP contribution in [-0.2, 0) is 0 Å². The summed E-state index contributed by atoms with van der Waals surface area (Å²) in [7, 11) is 0. The van der Waals surface area contributed by atoms with Crippen molar-refractivity contribution in [2.45, 2.75) is 44.6 Å². The molecule has 3 atom stereocenters. The number of likely N-dealkylation sites (tertiary alicyclic amines) is 1. The van der Waals surface area contributed by atoms with Gasteiger partial charge in [0.25, 0.3) is 5.91 Å². The number of hydrogen-bond donors (Lipinski definition) is 2. The third kappa shape index (κ3) is 3.16. The van der Waals surface area contributed by atoms with Crippen molar-refractivity contribution in [3.05, 3.63) is 29.8 Å². The molecule has 4 rings (SSSR count). The SMILES string of the molecule is O=C(c1cccc(NC2CC3CCC2C3)c1)N1CCC(CO)CC1. The highest BCUT2D eigenvalue weighted by molar-refractivity contribution is 5.95. The monoisotopic (exact) mass is 328 g/mol. The molecule has 2 saturated carbocycles. The number of amides is 1. The smallest absolute Gasteiger partial charge is 0.253 e. The number of rotatable bonds is 4. The maximum Gasteiger partial charge on any atom is 0.253 e. The molecule has 1 aromatic rings. The second-order valence-electron chi connectivity index (χ2n) is 7.92. The van der Waals surface area contributed by atoms with Crippen LogP contribution in [-0.4, -0.2) is 41.7 Å². The summed E-state index contributed by atoms with van der Waals surface area (Å²) in [4.78, 5) is 14.7. The number of carbonyl (C=O) groups is 1. The summed E-state index contributed by atoms with van der Waals surface area (Å²) in [5.41, 5.74) is 1.87. The normalized spacial score (nSPS) is 29.9. The van der Waals surface area contributed by atoms with E-state index in [1.54, 1.807) is 0 Å². The van der Waals surface area contributed by atoms with Crippen LogP contribution in [0.15, 0.2) is 24.3 Å². The molecule has 3 unspecified atom stereocenters. The zero-order valence-electron chi connectivity index (χ0n) is 14.3. The van der Waals surface area contributed by atoms with E-state index >= 15 is 0 Å². The van der Waals surface area contributed by atoms with Gasteiger partial charge in [0.2, 0.25) is 0 Å². The average molecular weight is 328 g/mol. The van der Waals surface area contributed by atoms with Crippen LogP contribution in [0.25, 0.3) is 0 Å². The van der Waals surface area contributed by atoms with Crippen molar-refractivity contribution in [2.24, 2.45) is 17.8 Å².